The molecule has 1 nitrogen and oxygen atoms in total. The third kappa shape index (κ3) is 3.04. The van der Waals surface area contributed by atoms with Crippen LogP contribution in [0.4, 0.5) is 0 Å². The Balaban J connectivity index is 2.08. The minimum absolute atomic E-state index is 0.455. The summed E-state index contributed by atoms with van der Waals surface area (Å²) in [6, 6.07) is 2.18. The molecule has 1 saturated carbocycles. The molecule has 1 aliphatic rings. The van der Waals surface area contributed by atoms with Crippen molar-refractivity contribution in [1.82, 2.24) is 4.98 Å². The maximum Gasteiger partial charge on any atom is 0.0410 e. The number of halogens is 2. The van der Waals surface area contributed by atoms with E-state index in [4.69, 9.17) is 0 Å². The predicted molar refractivity (Wildman–Crippen MR) is 70.3 cm³/mol. The second-order valence-corrected chi connectivity index (χ2v) is 7.05. The molecule has 0 saturated heterocycles. The summed E-state index contributed by atoms with van der Waals surface area (Å²) in [5.74, 6) is 0. The van der Waals surface area contributed by atoms with Crippen molar-refractivity contribution < 1.29 is 0 Å². The second kappa shape index (κ2) is 4.54. The third-order valence-electron chi connectivity index (χ3n) is 3.17. The lowest BCUT2D eigenvalue weighted by molar-refractivity contribution is 0.335. The smallest absolute Gasteiger partial charge is 0.0410 e. The molecular formula is C12H15Br2N. The van der Waals surface area contributed by atoms with Crippen molar-refractivity contribution in [2.45, 2.75) is 37.4 Å². The first-order valence-electron chi connectivity index (χ1n) is 5.31. The van der Waals surface area contributed by atoms with Gasteiger partial charge in [0, 0.05) is 21.7 Å². The van der Waals surface area contributed by atoms with E-state index in [1.807, 2.05) is 12.4 Å². The van der Waals surface area contributed by atoms with Gasteiger partial charge in [0.15, 0.2) is 0 Å². The molecule has 1 aromatic rings. The van der Waals surface area contributed by atoms with Crippen molar-refractivity contribution in [3.8, 4) is 0 Å². The molecule has 0 aromatic carbocycles. The molecule has 1 aromatic heterocycles. The quantitative estimate of drug-likeness (QED) is 0.734. The molecule has 0 aliphatic heterocycles. The fourth-order valence-corrected chi connectivity index (χ4v) is 3.87. The molecule has 82 valence electrons. The number of pyridine rings is 1. The van der Waals surface area contributed by atoms with Crippen molar-refractivity contribution >= 4 is 31.9 Å². The van der Waals surface area contributed by atoms with E-state index in [9.17, 15) is 0 Å². The molecule has 2 rings (SSSR count). The molecule has 1 heterocycles. The van der Waals surface area contributed by atoms with Crippen LogP contribution in [0.15, 0.2) is 22.9 Å². The summed E-state index contributed by atoms with van der Waals surface area (Å²) in [5, 5.41) is 0. The fourth-order valence-electron chi connectivity index (χ4n) is 2.45. The minimum Gasteiger partial charge on any atom is -0.263 e. The molecular weight excluding hydrogens is 318 g/mol. The molecule has 1 fully saturated rings. The summed E-state index contributed by atoms with van der Waals surface area (Å²) < 4.78 is 1.08. The van der Waals surface area contributed by atoms with Crippen molar-refractivity contribution in [3.63, 3.8) is 0 Å². The number of hydrogen-bond acceptors (Lipinski definition) is 1. The molecule has 3 heteroatoms. The molecule has 0 amide bonds. The van der Waals surface area contributed by atoms with Crippen molar-refractivity contribution in [3.05, 3.63) is 28.5 Å². The van der Waals surface area contributed by atoms with Gasteiger partial charge in [-0.1, -0.05) is 22.9 Å². The van der Waals surface area contributed by atoms with Gasteiger partial charge in [-0.3, -0.25) is 4.98 Å². The summed E-state index contributed by atoms with van der Waals surface area (Å²) >= 11 is 7.19. The normalized spacial score (nSPS) is 30.7. The van der Waals surface area contributed by atoms with E-state index < -0.39 is 0 Å². The number of hydrogen-bond donors (Lipinski definition) is 0. The number of alkyl halides is 1. The Hall–Kier alpha value is 0.110. The lowest BCUT2D eigenvalue weighted by Crippen LogP contribution is -2.15. The third-order valence-corrected chi connectivity index (χ3v) is 4.38. The molecule has 1 aliphatic carbocycles. The van der Waals surface area contributed by atoms with Gasteiger partial charge in [-0.2, -0.15) is 0 Å². The topological polar surface area (TPSA) is 12.9 Å². The zero-order valence-corrected chi connectivity index (χ0v) is 12.0. The fraction of sp³-hybridized carbons (Fsp3) is 0.583. The van der Waals surface area contributed by atoms with E-state index in [1.54, 1.807) is 0 Å². The Bertz CT molecular complexity index is 353. The van der Waals surface area contributed by atoms with Crippen LogP contribution < -0.4 is 0 Å². The van der Waals surface area contributed by atoms with Gasteiger partial charge in [0.25, 0.3) is 0 Å². The van der Waals surface area contributed by atoms with Gasteiger partial charge < -0.3 is 0 Å². The summed E-state index contributed by atoms with van der Waals surface area (Å²) in [4.78, 5) is 4.93. The SMILES string of the molecule is CC1(Cc2cncc(Br)c2)CCC(Br)C1. The number of aromatic nitrogens is 1. The zero-order chi connectivity index (χ0) is 10.9. The van der Waals surface area contributed by atoms with Gasteiger partial charge in [0.2, 0.25) is 0 Å². The van der Waals surface area contributed by atoms with Crippen LogP contribution in [0, 0.1) is 5.41 Å². The minimum atomic E-state index is 0.455. The Kier molecular flexibility index (Phi) is 3.51. The Morgan fingerprint density at radius 2 is 2.33 bits per heavy atom. The van der Waals surface area contributed by atoms with Crippen molar-refractivity contribution in [2.24, 2.45) is 5.41 Å². The van der Waals surface area contributed by atoms with Crippen LogP contribution in [0.2, 0.25) is 0 Å². The summed E-state index contributed by atoms with van der Waals surface area (Å²) in [7, 11) is 0. The monoisotopic (exact) mass is 331 g/mol. The summed E-state index contributed by atoms with van der Waals surface area (Å²) in [5.41, 5.74) is 1.80. The van der Waals surface area contributed by atoms with E-state index in [-0.39, 0.29) is 0 Å². The second-order valence-electron chi connectivity index (χ2n) is 4.84. The largest absolute Gasteiger partial charge is 0.263 e. The lowest BCUT2D eigenvalue weighted by Gasteiger charge is -2.23. The summed E-state index contributed by atoms with van der Waals surface area (Å²) in [6.07, 6.45) is 8.86. The van der Waals surface area contributed by atoms with E-state index in [0.717, 1.165) is 10.9 Å². The maximum atomic E-state index is 4.22. The van der Waals surface area contributed by atoms with E-state index in [0.29, 0.717) is 10.2 Å². The molecule has 0 spiro atoms. The highest BCUT2D eigenvalue weighted by Crippen LogP contribution is 2.43. The Morgan fingerprint density at radius 1 is 1.53 bits per heavy atom. The zero-order valence-electron chi connectivity index (χ0n) is 8.84. The molecule has 0 N–H and O–H groups in total. The van der Waals surface area contributed by atoms with E-state index in [2.05, 4.69) is 49.8 Å². The molecule has 0 bridgehead atoms. The highest BCUT2D eigenvalue weighted by molar-refractivity contribution is 9.10. The van der Waals surface area contributed by atoms with Crippen LogP contribution in [-0.2, 0) is 6.42 Å². The first-order chi connectivity index (χ1) is 7.07. The van der Waals surface area contributed by atoms with Gasteiger partial charge in [-0.15, -0.1) is 0 Å². The van der Waals surface area contributed by atoms with Crippen molar-refractivity contribution in [2.75, 3.05) is 0 Å². The number of nitrogens with zero attached hydrogens (tertiary/aromatic N) is 1. The molecule has 15 heavy (non-hydrogen) atoms. The highest BCUT2D eigenvalue weighted by atomic mass is 79.9. The predicted octanol–water partition coefficient (Wildman–Crippen LogP) is 4.34. The average molecular weight is 333 g/mol. The standard InChI is InChI=1S/C12H15Br2N/c1-12(3-2-10(13)6-12)5-9-4-11(14)8-15-7-9/h4,7-8,10H,2-3,5-6H2,1H3. The molecule has 2 atom stereocenters. The van der Waals surface area contributed by atoms with E-state index >= 15 is 0 Å². The first-order valence-corrected chi connectivity index (χ1v) is 7.02. The van der Waals surface area contributed by atoms with Crippen LogP contribution >= 0.6 is 31.9 Å². The van der Waals surface area contributed by atoms with Crippen LogP contribution in [-0.4, -0.2) is 9.81 Å². The summed E-state index contributed by atoms with van der Waals surface area (Å²) in [6.45, 7) is 2.38. The van der Waals surface area contributed by atoms with Gasteiger partial charge in [-0.05, 0) is 58.7 Å². The molecule has 0 radical (unpaired) electrons. The van der Waals surface area contributed by atoms with Gasteiger partial charge >= 0.3 is 0 Å². The molecule has 2 unspecified atom stereocenters. The Morgan fingerprint density at radius 3 is 2.93 bits per heavy atom. The van der Waals surface area contributed by atoms with Crippen LogP contribution in [0.1, 0.15) is 31.7 Å². The van der Waals surface area contributed by atoms with Gasteiger partial charge in [-0.25, -0.2) is 0 Å². The average Bonchev–Trinajstić information content (AvgIpc) is 2.45. The van der Waals surface area contributed by atoms with Crippen LogP contribution in [0.25, 0.3) is 0 Å². The first kappa shape index (κ1) is 11.6. The van der Waals surface area contributed by atoms with Crippen LogP contribution in [0.5, 0.6) is 0 Å². The van der Waals surface area contributed by atoms with E-state index in [1.165, 1.54) is 24.8 Å². The highest BCUT2D eigenvalue weighted by Gasteiger charge is 2.33. The maximum absolute atomic E-state index is 4.22. The van der Waals surface area contributed by atoms with Crippen LogP contribution in [0.3, 0.4) is 0 Å². The lowest BCUT2D eigenvalue weighted by atomic mass is 9.83. The number of rotatable bonds is 2. The van der Waals surface area contributed by atoms with Gasteiger partial charge in [0.1, 0.15) is 0 Å². The van der Waals surface area contributed by atoms with Gasteiger partial charge in [0.05, 0.1) is 0 Å². The Labute approximate surface area is 108 Å². The van der Waals surface area contributed by atoms with Crippen molar-refractivity contribution in [1.29, 1.82) is 0 Å².